The van der Waals surface area contributed by atoms with E-state index in [0.717, 1.165) is 42.2 Å². The Labute approximate surface area is 185 Å². The van der Waals surface area contributed by atoms with Gasteiger partial charge >= 0.3 is 0 Å². The molecule has 1 fully saturated rings. The number of nitrogens with zero attached hydrogens (tertiary/aromatic N) is 3. The second-order valence-electron chi connectivity index (χ2n) is 7.19. The van der Waals surface area contributed by atoms with Gasteiger partial charge in [0.05, 0.1) is 36.0 Å². The number of aryl methyl sites for hydroxylation is 1. The van der Waals surface area contributed by atoms with Gasteiger partial charge < -0.3 is 19.2 Å². The first kappa shape index (κ1) is 21.5. The zero-order valence-electron chi connectivity index (χ0n) is 17.7. The molecule has 1 aliphatic heterocycles. The molecular formula is C22H26N4O4S. The van der Waals surface area contributed by atoms with Gasteiger partial charge in [-0.25, -0.2) is 0 Å². The standard InChI is InChI=1S/C22H26N4O4S/c1-3-28-17-8-6-16(7-9-17)26-21(19-10-12-29-15(19)2)24-25-22(26)31-14-20(27)23-13-18-5-4-11-30-18/h6-10,12,18H,3-5,11,13-14H2,1-2H3,(H,23,27). The second-order valence-corrected chi connectivity index (χ2v) is 8.13. The summed E-state index contributed by atoms with van der Waals surface area (Å²) in [4.78, 5) is 12.4. The van der Waals surface area contributed by atoms with Gasteiger partial charge in [-0.2, -0.15) is 0 Å². The van der Waals surface area contributed by atoms with Gasteiger partial charge in [0.25, 0.3) is 0 Å². The molecule has 0 aliphatic carbocycles. The summed E-state index contributed by atoms with van der Waals surface area (Å²) < 4.78 is 18.5. The first-order chi connectivity index (χ1) is 15.2. The minimum atomic E-state index is -0.0530. The van der Waals surface area contributed by atoms with Crippen molar-refractivity contribution in [2.75, 3.05) is 25.5 Å². The van der Waals surface area contributed by atoms with E-state index in [1.807, 2.05) is 48.7 Å². The molecule has 3 aromatic rings. The maximum absolute atomic E-state index is 12.4. The molecule has 1 atom stereocenters. The molecule has 0 radical (unpaired) electrons. The van der Waals surface area contributed by atoms with Crippen LogP contribution < -0.4 is 10.1 Å². The van der Waals surface area contributed by atoms with Crippen LogP contribution in [0.4, 0.5) is 0 Å². The lowest BCUT2D eigenvalue weighted by atomic mass is 10.2. The lowest BCUT2D eigenvalue weighted by Crippen LogP contribution is -2.32. The summed E-state index contributed by atoms with van der Waals surface area (Å²) in [6.07, 6.45) is 3.80. The highest BCUT2D eigenvalue weighted by Gasteiger charge is 2.21. The van der Waals surface area contributed by atoms with Crippen LogP contribution in [0.5, 0.6) is 5.75 Å². The Morgan fingerprint density at radius 1 is 1.29 bits per heavy atom. The topological polar surface area (TPSA) is 91.4 Å². The molecule has 1 aromatic carbocycles. The number of nitrogens with one attached hydrogen (secondary N) is 1. The van der Waals surface area contributed by atoms with E-state index in [2.05, 4.69) is 15.5 Å². The van der Waals surface area contributed by atoms with Crippen LogP contribution in [0.2, 0.25) is 0 Å². The summed E-state index contributed by atoms with van der Waals surface area (Å²) in [5, 5.41) is 12.3. The van der Waals surface area contributed by atoms with Gasteiger partial charge in [0.15, 0.2) is 11.0 Å². The molecule has 1 unspecified atom stereocenters. The van der Waals surface area contributed by atoms with Crippen LogP contribution >= 0.6 is 11.8 Å². The number of rotatable bonds is 9. The van der Waals surface area contributed by atoms with E-state index >= 15 is 0 Å². The van der Waals surface area contributed by atoms with Crippen molar-refractivity contribution in [2.45, 2.75) is 37.9 Å². The normalized spacial score (nSPS) is 15.9. The van der Waals surface area contributed by atoms with Crippen molar-refractivity contribution >= 4 is 17.7 Å². The SMILES string of the molecule is CCOc1ccc(-n2c(SCC(=O)NCC3CCCO3)nnc2-c2ccoc2C)cc1. The molecule has 0 spiro atoms. The number of amides is 1. The van der Waals surface area contributed by atoms with Gasteiger partial charge in [0, 0.05) is 13.2 Å². The van der Waals surface area contributed by atoms with Crippen molar-refractivity contribution in [2.24, 2.45) is 0 Å². The molecule has 1 N–H and O–H groups in total. The van der Waals surface area contributed by atoms with Crippen molar-refractivity contribution in [1.29, 1.82) is 0 Å². The fourth-order valence-corrected chi connectivity index (χ4v) is 4.24. The molecular weight excluding hydrogens is 416 g/mol. The molecule has 4 rings (SSSR count). The Kier molecular flexibility index (Phi) is 6.93. The summed E-state index contributed by atoms with van der Waals surface area (Å²) >= 11 is 1.35. The highest BCUT2D eigenvalue weighted by molar-refractivity contribution is 7.99. The summed E-state index contributed by atoms with van der Waals surface area (Å²) in [6.45, 7) is 5.76. The quantitative estimate of drug-likeness (QED) is 0.506. The molecule has 1 amide bonds. The Balaban J connectivity index is 1.53. The van der Waals surface area contributed by atoms with Crippen LogP contribution in [0.1, 0.15) is 25.5 Å². The van der Waals surface area contributed by atoms with E-state index in [4.69, 9.17) is 13.9 Å². The first-order valence-electron chi connectivity index (χ1n) is 10.4. The van der Waals surface area contributed by atoms with Gasteiger partial charge in [-0.1, -0.05) is 11.8 Å². The Morgan fingerprint density at radius 3 is 2.81 bits per heavy atom. The molecule has 0 saturated carbocycles. The van der Waals surface area contributed by atoms with Gasteiger partial charge in [0.2, 0.25) is 5.91 Å². The first-order valence-corrected chi connectivity index (χ1v) is 11.4. The van der Waals surface area contributed by atoms with Crippen molar-refractivity contribution in [3.63, 3.8) is 0 Å². The highest BCUT2D eigenvalue weighted by Crippen LogP contribution is 2.30. The third-order valence-corrected chi connectivity index (χ3v) is 5.95. The largest absolute Gasteiger partial charge is 0.494 e. The molecule has 31 heavy (non-hydrogen) atoms. The molecule has 8 nitrogen and oxygen atoms in total. The second kappa shape index (κ2) is 10.0. The third kappa shape index (κ3) is 5.11. The van der Waals surface area contributed by atoms with Gasteiger partial charge in [0.1, 0.15) is 11.5 Å². The number of thioether (sulfide) groups is 1. The maximum Gasteiger partial charge on any atom is 0.230 e. The lowest BCUT2D eigenvalue weighted by molar-refractivity contribution is -0.119. The van der Waals surface area contributed by atoms with E-state index in [-0.39, 0.29) is 17.8 Å². The highest BCUT2D eigenvalue weighted by atomic mass is 32.2. The third-order valence-electron chi connectivity index (χ3n) is 5.02. The van der Waals surface area contributed by atoms with E-state index < -0.39 is 0 Å². The average Bonchev–Trinajstić information content (AvgIpc) is 3.52. The molecule has 1 aliphatic rings. The molecule has 0 bridgehead atoms. The number of hydrogen-bond acceptors (Lipinski definition) is 7. The van der Waals surface area contributed by atoms with E-state index in [9.17, 15) is 4.79 Å². The van der Waals surface area contributed by atoms with Crippen LogP contribution in [0.3, 0.4) is 0 Å². The van der Waals surface area contributed by atoms with E-state index in [1.165, 1.54) is 11.8 Å². The average molecular weight is 443 g/mol. The van der Waals surface area contributed by atoms with Crippen LogP contribution in [0.15, 0.2) is 46.2 Å². The van der Waals surface area contributed by atoms with Crippen molar-refractivity contribution < 1.29 is 18.7 Å². The number of carbonyl (C=O) groups is 1. The Hall–Kier alpha value is -2.78. The van der Waals surface area contributed by atoms with E-state index in [1.54, 1.807) is 6.26 Å². The number of benzene rings is 1. The zero-order valence-corrected chi connectivity index (χ0v) is 18.5. The molecule has 9 heteroatoms. The van der Waals surface area contributed by atoms with Crippen molar-refractivity contribution in [1.82, 2.24) is 20.1 Å². The summed E-state index contributed by atoms with van der Waals surface area (Å²) in [7, 11) is 0. The van der Waals surface area contributed by atoms with Crippen LogP contribution in [0.25, 0.3) is 17.1 Å². The minimum absolute atomic E-state index is 0.0530. The van der Waals surface area contributed by atoms with Gasteiger partial charge in [-0.15, -0.1) is 10.2 Å². The number of ether oxygens (including phenoxy) is 2. The predicted molar refractivity (Wildman–Crippen MR) is 118 cm³/mol. The van der Waals surface area contributed by atoms with Gasteiger partial charge in [-0.3, -0.25) is 9.36 Å². The number of furan rings is 1. The molecule has 164 valence electrons. The molecule has 1 saturated heterocycles. The van der Waals surface area contributed by atoms with Crippen molar-refractivity contribution in [3.8, 4) is 22.8 Å². The van der Waals surface area contributed by atoms with E-state index in [0.29, 0.717) is 24.1 Å². The molecule has 2 aromatic heterocycles. The van der Waals surface area contributed by atoms with Crippen LogP contribution in [-0.4, -0.2) is 52.3 Å². The Bertz CT molecular complexity index is 1010. The molecule has 3 heterocycles. The maximum atomic E-state index is 12.4. The lowest BCUT2D eigenvalue weighted by Gasteiger charge is -2.12. The van der Waals surface area contributed by atoms with Crippen LogP contribution in [0, 0.1) is 6.92 Å². The number of hydrogen-bond donors (Lipinski definition) is 1. The monoisotopic (exact) mass is 442 g/mol. The van der Waals surface area contributed by atoms with Crippen LogP contribution in [-0.2, 0) is 9.53 Å². The summed E-state index contributed by atoms with van der Waals surface area (Å²) in [6, 6.07) is 9.60. The number of carbonyl (C=O) groups excluding carboxylic acids is 1. The minimum Gasteiger partial charge on any atom is -0.494 e. The summed E-state index contributed by atoms with van der Waals surface area (Å²) in [5.74, 6) is 2.40. The summed E-state index contributed by atoms with van der Waals surface area (Å²) in [5.41, 5.74) is 1.74. The predicted octanol–water partition coefficient (Wildman–Crippen LogP) is 3.62. The smallest absolute Gasteiger partial charge is 0.230 e. The van der Waals surface area contributed by atoms with Gasteiger partial charge in [-0.05, 0) is 57.0 Å². The Morgan fingerprint density at radius 2 is 2.13 bits per heavy atom. The fourth-order valence-electron chi connectivity index (χ4n) is 3.46. The number of aromatic nitrogens is 3. The fraction of sp³-hybridized carbons (Fsp3) is 0.409. The van der Waals surface area contributed by atoms with Crippen molar-refractivity contribution in [3.05, 3.63) is 42.4 Å². The zero-order chi connectivity index (χ0) is 21.6.